The fourth-order valence-electron chi connectivity index (χ4n) is 1.06. The fraction of sp³-hybridized carbons (Fsp3) is 0.200. The molecule has 1 rings (SSSR count). The molecule has 0 heterocycles. The molecule has 7 heteroatoms. The van der Waals surface area contributed by atoms with Crippen molar-refractivity contribution in [3.05, 3.63) is 39.9 Å². The highest BCUT2D eigenvalue weighted by molar-refractivity contribution is 5.96. The third kappa shape index (κ3) is 3.56. The van der Waals surface area contributed by atoms with Crippen LogP contribution < -0.4 is 5.32 Å². The van der Waals surface area contributed by atoms with Crippen LogP contribution in [0.1, 0.15) is 10.4 Å². The highest BCUT2D eigenvalue weighted by Gasteiger charge is 2.10. The number of hydrogen-bond acceptors (Lipinski definition) is 5. The lowest BCUT2D eigenvalue weighted by molar-refractivity contribution is -0.384. The Labute approximate surface area is 96.5 Å². The molecule has 0 bridgehead atoms. The van der Waals surface area contributed by atoms with Gasteiger partial charge in [0.2, 0.25) is 0 Å². The maximum absolute atomic E-state index is 11.5. The molecule has 0 saturated carbocycles. The molecule has 0 spiro atoms. The minimum absolute atomic E-state index is 0.102. The number of methoxy groups -OCH3 is 1. The van der Waals surface area contributed by atoms with Crippen molar-refractivity contribution in [3.63, 3.8) is 0 Å². The molecule has 7 nitrogen and oxygen atoms in total. The molecule has 0 aliphatic carbocycles. The monoisotopic (exact) mass is 238 g/mol. The smallest absolute Gasteiger partial charge is 0.325 e. The van der Waals surface area contributed by atoms with Crippen molar-refractivity contribution in [2.24, 2.45) is 0 Å². The number of esters is 1. The van der Waals surface area contributed by atoms with Crippen LogP contribution in [0.4, 0.5) is 5.69 Å². The van der Waals surface area contributed by atoms with Gasteiger partial charge in [0.25, 0.3) is 11.6 Å². The van der Waals surface area contributed by atoms with Crippen molar-refractivity contribution in [3.8, 4) is 0 Å². The molecule has 0 fully saturated rings. The van der Waals surface area contributed by atoms with Crippen LogP contribution in [-0.4, -0.2) is 30.5 Å². The molecule has 0 radical (unpaired) electrons. The summed E-state index contributed by atoms with van der Waals surface area (Å²) in [6.45, 7) is -0.244. The minimum atomic E-state index is -0.569. The van der Waals surface area contributed by atoms with Crippen molar-refractivity contribution in [2.75, 3.05) is 13.7 Å². The lowest BCUT2D eigenvalue weighted by atomic mass is 10.2. The summed E-state index contributed by atoms with van der Waals surface area (Å²) in [6.07, 6.45) is 0. The van der Waals surface area contributed by atoms with Crippen LogP contribution in [0.5, 0.6) is 0 Å². The van der Waals surface area contributed by atoms with Crippen LogP contribution in [0.2, 0.25) is 0 Å². The van der Waals surface area contributed by atoms with Gasteiger partial charge >= 0.3 is 5.97 Å². The van der Waals surface area contributed by atoms with E-state index in [9.17, 15) is 19.7 Å². The van der Waals surface area contributed by atoms with Crippen LogP contribution >= 0.6 is 0 Å². The molecule has 0 unspecified atom stereocenters. The number of rotatable bonds is 4. The number of carbonyl (C=O) groups excluding carboxylic acids is 2. The second-order valence-electron chi connectivity index (χ2n) is 3.06. The second kappa shape index (κ2) is 5.59. The van der Waals surface area contributed by atoms with Gasteiger partial charge in [-0.1, -0.05) is 0 Å². The van der Waals surface area contributed by atoms with E-state index < -0.39 is 16.8 Å². The molecule has 0 aliphatic heterocycles. The van der Waals surface area contributed by atoms with Crippen LogP contribution in [0, 0.1) is 10.1 Å². The van der Waals surface area contributed by atoms with Gasteiger partial charge < -0.3 is 10.1 Å². The summed E-state index contributed by atoms with van der Waals surface area (Å²) in [5, 5.41) is 12.7. The molecule has 1 amide bonds. The van der Waals surface area contributed by atoms with Gasteiger partial charge in [-0.15, -0.1) is 0 Å². The van der Waals surface area contributed by atoms with Crippen LogP contribution in [0.3, 0.4) is 0 Å². The van der Waals surface area contributed by atoms with Gasteiger partial charge in [-0.3, -0.25) is 19.7 Å². The highest BCUT2D eigenvalue weighted by atomic mass is 16.6. The number of nitro groups is 1. The Balaban J connectivity index is 2.64. The number of ether oxygens (including phenoxy) is 1. The summed E-state index contributed by atoms with van der Waals surface area (Å²) in [5.41, 5.74) is 0.133. The molecule has 0 atom stereocenters. The SMILES string of the molecule is COC(=O)CNC(=O)c1ccc([N+](=O)[O-])cc1. The average Bonchev–Trinajstić information content (AvgIpc) is 2.35. The number of nitro benzene ring substituents is 1. The van der Waals surface area contributed by atoms with Crippen LogP contribution in [-0.2, 0) is 9.53 Å². The minimum Gasteiger partial charge on any atom is -0.468 e. The first-order valence-corrected chi connectivity index (χ1v) is 4.64. The number of non-ortho nitro benzene ring substituents is 1. The standard InChI is InChI=1S/C10H10N2O5/c1-17-9(13)6-11-10(14)7-2-4-8(5-3-7)12(15)16/h2-5H,6H2,1H3,(H,11,14). The van der Waals surface area contributed by atoms with Gasteiger partial charge in [0.05, 0.1) is 12.0 Å². The van der Waals surface area contributed by atoms with Crippen molar-refractivity contribution < 1.29 is 19.2 Å². The van der Waals surface area contributed by atoms with E-state index in [2.05, 4.69) is 10.1 Å². The van der Waals surface area contributed by atoms with E-state index in [-0.39, 0.29) is 17.8 Å². The number of nitrogens with zero attached hydrogens (tertiary/aromatic N) is 1. The molecule has 0 aliphatic rings. The highest BCUT2D eigenvalue weighted by Crippen LogP contribution is 2.11. The number of amides is 1. The van der Waals surface area contributed by atoms with E-state index in [0.717, 1.165) is 0 Å². The Bertz CT molecular complexity index is 441. The molecular formula is C10H10N2O5. The van der Waals surface area contributed by atoms with Gasteiger partial charge in [-0.05, 0) is 12.1 Å². The first-order valence-electron chi connectivity index (χ1n) is 4.64. The van der Waals surface area contributed by atoms with E-state index in [0.29, 0.717) is 0 Å². The molecule has 90 valence electrons. The summed E-state index contributed by atoms with van der Waals surface area (Å²) in [4.78, 5) is 32.0. The second-order valence-corrected chi connectivity index (χ2v) is 3.06. The number of carbonyl (C=O) groups is 2. The molecule has 1 aromatic rings. The topological polar surface area (TPSA) is 98.5 Å². The van der Waals surface area contributed by atoms with Gasteiger partial charge in [0, 0.05) is 17.7 Å². The van der Waals surface area contributed by atoms with E-state index in [1.54, 1.807) is 0 Å². The van der Waals surface area contributed by atoms with Crippen molar-refractivity contribution in [1.29, 1.82) is 0 Å². The molecular weight excluding hydrogens is 228 g/mol. The van der Waals surface area contributed by atoms with Crippen molar-refractivity contribution >= 4 is 17.6 Å². The first kappa shape index (κ1) is 12.6. The number of nitrogens with one attached hydrogen (secondary N) is 1. The molecule has 0 saturated heterocycles. The largest absolute Gasteiger partial charge is 0.468 e. The lowest BCUT2D eigenvalue weighted by Gasteiger charge is -2.03. The van der Waals surface area contributed by atoms with E-state index in [1.165, 1.54) is 31.4 Å². The van der Waals surface area contributed by atoms with Gasteiger partial charge in [0.15, 0.2) is 0 Å². The van der Waals surface area contributed by atoms with Crippen LogP contribution in [0.15, 0.2) is 24.3 Å². The van der Waals surface area contributed by atoms with E-state index >= 15 is 0 Å². The Morgan fingerprint density at radius 2 is 1.94 bits per heavy atom. The maximum atomic E-state index is 11.5. The maximum Gasteiger partial charge on any atom is 0.325 e. The number of benzene rings is 1. The third-order valence-electron chi connectivity index (χ3n) is 1.96. The van der Waals surface area contributed by atoms with Crippen LogP contribution in [0.25, 0.3) is 0 Å². The van der Waals surface area contributed by atoms with Gasteiger partial charge in [-0.25, -0.2) is 0 Å². The Kier molecular flexibility index (Phi) is 4.15. The molecule has 0 aromatic heterocycles. The third-order valence-corrected chi connectivity index (χ3v) is 1.96. The summed E-state index contributed by atoms with van der Waals surface area (Å²) < 4.78 is 4.34. The summed E-state index contributed by atoms with van der Waals surface area (Å²) in [5.74, 6) is -1.06. The zero-order valence-corrected chi connectivity index (χ0v) is 9.00. The Morgan fingerprint density at radius 1 is 1.35 bits per heavy atom. The summed E-state index contributed by atoms with van der Waals surface area (Å²) in [7, 11) is 1.21. The first-order chi connectivity index (χ1) is 8.04. The lowest BCUT2D eigenvalue weighted by Crippen LogP contribution is -2.30. The zero-order chi connectivity index (χ0) is 12.8. The Hall–Kier alpha value is -2.44. The zero-order valence-electron chi connectivity index (χ0n) is 9.00. The predicted octanol–water partition coefficient (Wildman–Crippen LogP) is 0.498. The quantitative estimate of drug-likeness (QED) is 0.467. The number of hydrogen-bond donors (Lipinski definition) is 1. The Morgan fingerprint density at radius 3 is 2.41 bits per heavy atom. The normalized spacial score (nSPS) is 9.47. The average molecular weight is 238 g/mol. The summed E-state index contributed by atoms with van der Waals surface area (Å²) in [6, 6.07) is 5.05. The predicted molar refractivity (Wildman–Crippen MR) is 57.4 cm³/mol. The van der Waals surface area contributed by atoms with Gasteiger partial charge in [0.1, 0.15) is 6.54 Å². The van der Waals surface area contributed by atoms with Crippen molar-refractivity contribution in [1.82, 2.24) is 5.32 Å². The molecule has 17 heavy (non-hydrogen) atoms. The van der Waals surface area contributed by atoms with E-state index in [1.807, 2.05) is 0 Å². The van der Waals surface area contributed by atoms with E-state index in [4.69, 9.17) is 0 Å². The van der Waals surface area contributed by atoms with Crippen molar-refractivity contribution in [2.45, 2.75) is 0 Å². The summed E-state index contributed by atoms with van der Waals surface area (Å²) >= 11 is 0. The fourth-order valence-corrected chi connectivity index (χ4v) is 1.06. The molecule has 1 N–H and O–H groups in total. The molecule has 1 aromatic carbocycles. The van der Waals surface area contributed by atoms with Gasteiger partial charge in [-0.2, -0.15) is 0 Å².